The topological polar surface area (TPSA) is 12.0 Å². The van der Waals surface area contributed by atoms with Gasteiger partial charge in [0.2, 0.25) is 0 Å². The van der Waals surface area contributed by atoms with Crippen molar-refractivity contribution in [3.05, 3.63) is 0 Å². The van der Waals surface area contributed by atoms with E-state index in [4.69, 9.17) is 0 Å². The zero-order valence-corrected chi connectivity index (χ0v) is 12.6. The van der Waals surface area contributed by atoms with Crippen molar-refractivity contribution in [1.29, 1.82) is 0 Å². The number of hydrogen-bond donors (Lipinski definition) is 1. The van der Waals surface area contributed by atoms with Crippen molar-refractivity contribution in [3.63, 3.8) is 0 Å². The molecule has 1 nitrogen and oxygen atoms in total. The molecule has 0 spiro atoms. The maximum Gasteiger partial charge on any atom is 0.00671 e. The van der Waals surface area contributed by atoms with Crippen molar-refractivity contribution in [2.45, 2.75) is 84.1 Å². The number of rotatable bonds is 4. The van der Waals surface area contributed by atoms with Crippen molar-refractivity contribution >= 4 is 0 Å². The lowest BCUT2D eigenvalue weighted by Gasteiger charge is -2.30. The van der Waals surface area contributed by atoms with Crippen LogP contribution >= 0.6 is 0 Å². The lowest BCUT2D eigenvalue weighted by Crippen LogP contribution is -2.37. The van der Waals surface area contributed by atoms with Crippen LogP contribution in [0.25, 0.3) is 0 Å². The predicted octanol–water partition coefficient (Wildman–Crippen LogP) is 4.76. The van der Waals surface area contributed by atoms with E-state index in [-0.39, 0.29) is 0 Å². The lowest BCUT2D eigenvalue weighted by molar-refractivity contribution is 0.250. The highest BCUT2D eigenvalue weighted by Crippen LogP contribution is 2.29. The van der Waals surface area contributed by atoms with Gasteiger partial charge in [-0.1, -0.05) is 45.4 Å². The molecule has 0 aromatic rings. The van der Waals surface area contributed by atoms with Crippen LogP contribution in [-0.2, 0) is 0 Å². The molecule has 0 bridgehead atoms. The van der Waals surface area contributed by atoms with Gasteiger partial charge >= 0.3 is 0 Å². The first-order valence-electron chi connectivity index (χ1n) is 8.49. The van der Waals surface area contributed by atoms with E-state index in [0.29, 0.717) is 0 Å². The fourth-order valence-electron chi connectivity index (χ4n) is 4.08. The lowest BCUT2D eigenvalue weighted by atomic mass is 9.82. The van der Waals surface area contributed by atoms with E-state index in [9.17, 15) is 0 Å². The molecule has 0 aliphatic heterocycles. The van der Waals surface area contributed by atoms with Crippen LogP contribution in [0.1, 0.15) is 78.1 Å². The minimum atomic E-state index is 0.750. The third-order valence-electron chi connectivity index (χ3n) is 5.38. The fourth-order valence-corrected chi connectivity index (χ4v) is 4.08. The largest absolute Gasteiger partial charge is 0.314 e. The van der Waals surface area contributed by atoms with E-state index in [2.05, 4.69) is 19.2 Å². The van der Waals surface area contributed by atoms with Crippen LogP contribution in [0.2, 0.25) is 0 Å². The van der Waals surface area contributed by atoms with Crippen molar-refractivity contribution in [3.8, 4) is 0 Å². The molecule has 2 rings (SSSR count). The summed E-state index contributed by atoms with van der Waals surface area (Å²) in [4.78, 5) is 0. The van der Waals surface area contributed by atoms with Gasteiger partial charge in [-0.05, 0) is 56.9 Å². The Morgan fingerprint density at radius 1 is 0.944 bits per heavy atom. The molecule has 2 saturated carbocycles. The summed E-state index contributed by atoms with van der Waals surface area (Å²) in [5.41, 5.74) is 0. The second kappa shape index (κ2) is 7.53. The second-order valence-corrected chi connectivity index (χ2v) is 7.09. The van der Waals surface area contributed by atoms with Crippen molar-refractivity contribution in [1.82, 2.24) is 5.32 Å². The Kier molecular flexibility index (Phi) is 6.01. The summed E-state index contributed by atoms with van der Waals surface area (Å²) in [5, 5.41) is 3.87. The molecule has 2 aliphatic rings. The first-order valence-corrected chi connectivity index (χ1v) is 8.49. The van der Waals surface area contributed by atoms with Gasteiger partial charge in [-0.15, -0.1) is 0 Å². The van der Waals surface area contributed by atoms with Crippen molar-refractivity contribution in [2.75, 3.05) is 6.54 Å². The molecular weight excluding hydrogens is 218 g/mol. The standard InChI is InChI=1S/C17H33N/c1-14-8-7-9-16(12-14)13-18-15(2)17-10-5-3-4-6-11-17/h14-18H,3-13H2,1-2H3/t14?,15-,16?/m0/s1. The van der Waals surface area contributed by atoms with E-state index < -0.39 is 0 Å². The summed E-state index contributed by atoms with van der Waals surface area (Å²) >= 11 is 0. The molecule has 3 atom stereocenters. The van der Waals surface area contributed by atoms with E-state index in [1.165, 1.54) is 70.8 Å². The summed E-state index contributed by atoms with van der Waals surface area (Å²) in [6.07, 6.45) is 14.7. The predicted molar refractivity (Wildman–Crippen MR) is 79.8 cm³/mol. The minimum absolute atomic E-state index is 0.750. The third kappa shape index (κ3) is 4.57. The Balaban J connectivity index is 1.68. The van der Waals surface area contributed by atoms with Gasteiger partial charge in [0, 0.05) is 6.04 Å². The molecule has 18 heavy (non-hydrogen) atoms. The molecule has 106 valence electrons. The zero-order chi connectivity index (χ0) is 12.8. The Bertz CT molecular complexity index is 218. The van der Waals surface area contributed by atoms with Crippen LogP contribution in [0.5, 0.6) is 0 Å². The third-order valence-corrected chi connectivity index (χ3v) is 5.38. The van der Waals surface area contributed by atoms with Crippen LogP contribution in [0.4, 0.5) is 0 Å². The quantitative estimate of drug-likeness (QED) is 0.710. The molecule has 1 N–H and O–H groups in total. The molecule has 2 aliphatic carbocycles. The zero-order valence-electron chi connectivity index (χ0n) is 12.6. The Labute approximate surface area is 114 Å². The average Bonchev–Trinajstić information content (AvgIpc) is 2.65. The van der Waals surface area contributed by atoms with Crippen LogP contribution in [-0.4, -0.2) is 12.6 Å². The van der Waals surface area contributed by atoms with Gasteiger partial charge in [0.1, 0.15) is 0 Å². The maximum absolute atomic E-state index is 3.87. The first kappa shape index (κ1) is 14.4. The van der Waals surface area contributed by atoms with Crippen molar-refractivity contribution in [2.24, 2.45) is 17.8 Å². The molecule has 0 amide bonds. The smallest absolute Gasteiger partial charge is 0.00671 e. The average molecular weight is 251 g/mol. The van der Waals surface area contributed by atoms with Gasteiger partial charge in [-0.2, -0.15) is 0 Å². The highest BCUT2D eigenvalue weighted by molar-refractivity contribution is 4.78. The van der Waals surface area contributed by atoms with E-state index >= 15 is 0 Å². The van der Waals surface area contributed by atoms with Gasteiger partial charge < -0.3 is 5.32 Å². The summed E-state index contributed by atoms with van der Waals surface area (Å²) in [6, 6.07) is 0.750. The number of nitrogens with one attached hydrogen (secondary N) is 1. The van der Waals surface area contributed by atoms with Gasteiger partial charge in [0.25, 0.3) is 0 Å². The monoisotopic (exact) mass is 251 g/mol. The van der Waals surface area contributed by atoms with Gasteiger partial charge in [0.05, 0.1) is 0 Å². The molecule has 0 aromatic heterocycles. The molecular formula is C17H33N. The van der Waals surface area contributed by atoms with Gasteiger partial charge in [0.15, 0.2) is 0 Å². The molecule has 0 aromatic carbocycles. The van der Waals surface area contributed by atoms with E-state index in [1.54, 1.807) is 0 Å². The van der Waals surface area contributed by atoms with Crippen LogP contribution in [0.15, 0.2) is 0 Å². The molecule has 2 fully saturated rings. The van der Waals surface area contributed by atoms with Crippen molar-refractivity contribution < 1.29 is 0 Å². The SMILES string of the molecule is CC1CCCC(CN[C@@H](C)C2CCCCCC2)C1. The molecule has 0 radical (unpaired) electrons. The molecule has 2 unspecified atom stereocenters. The summed E-state index contributed by atoms with van der Waals surface area (Å²) in [5.74, 6) is 2.88. The summed E-state index contributed by atoms with van der Waals surface area (Å²) < 4.78 is 0. The van der Waals surface area contributed by atoms with Gasteiger partial charge in [-0.25, -0.2) is 0 Å². The second-order valence-electron chi connectivity index (χ2n) is 7.09. The first-order chi connectivity index (χ1) is 8.75. The Hall–Kier alpha value is -0.0400. The number of hydrogen-bond acceptors (Lipinski definition) is 1. The summed E-state index contributed by atoms with van der Waals surface area (Å²) in [7, 11) is 0. The van der Waals surface area contributed by atoms with E-state index in [0.717, 1.165) is 23.8 Å². The molecule has 0 saturated heterocycles. The normalized spacial score (nSPS) is 33.0. The van der Waals surface area contributed by atoms with Gasteiger partial charge in [-0.3, -0.25) is 0 Å². The van der Waals surface area contributed by atoms with Crippen LogP contribution in [0, 0.1) is 17.8 Å². The van der Waals surface area contributed by atoms with Crippen LogP contribution in [0.3, 0.4) is 0 Å². The fraction of sp³-hybridized carbons (Fsp3) is 1.00. The molecule has 0 heterocycles. The Morgan fingerprint density at radius 2 is 1.67 bits per heavy atom. The summed E-state index contributed by atoms with van der Waals surface area (Å²) in [6.45, 7) is 6.14. The highest BCUT2D eigenvalue weighted by atomic mass is 14.9. The highest BCUT2D eigenvalue weighted by Gasteiger charge is 2.22. The minimum Gasteiger partial charge on any atom is -0.314 e. The maximum atomic E-state index is 3.87. The molecule has 1 heteroatoms. The van der Waals surface area contributed by atoms with E-state index in [1.807, 2.05) is 0 Å². The van der Waals surface area contributed by atoms with Crippen LogP contribution < -0.4 is 5.32 Å². The Morgan fingerprint density at radius 3 is 2.33 bits per heavy atom.